The predicted octanol–water partition coefficient (Wildman–Crippen LogP) is 17.9. The molecule has 0 saturated carbocycles. The highest BCUT2D eigenvalue weighted by Gasteiger charge is 2.46. The Kier molecular flexibility index (Phi) is 8.12. The Bertz CT molecular complexity index is 3770. The Labute approximate surface area is 407 Å². The Morgan fingerprint density at radius 2 is 0.870 bits per heavy atom. The molecule has 0 spiro atoms. The summed E-state index contributed by atoms with van der Waals surface area (Å²) in [5.74, 6) is 0. The van der Waals surface area contributed by atoms with E-state index >= 15 is 0 Å². The van der Waals surface area contributed by atoms with Crippen molar-refractivity contribution in [1.29, 1.82) is 0 Å². The van der Waals surface area contributed by atoms with Crippen molar-refractivity contribution < 1.29 is 0 Å². The predicted molar refractivity (Wildman–Crippen MR) is 291 cm³/mol. The molecule has 1 nitrogen and oxygen atoms in total. The van der Waals surface area contributed by atoms with Gasteiger partial charge in [0.15, 0.2) is 0 Å². The van der Waals surface area contributed by atoms with Gasteiger partial charge in [0.1, 0.15) is 0 Å². The molecule has 0 radical (unpaired) electrons. The van der Waals surface area contributed by atoms with Crippen LogP contribution in [0.25, 0.3) is 60.9 Å². The first-order valence-corrected chi connectivity index (χ1v) is 25.2. The molecular weight excluding hydrogens is 831 g/mol. The van der Waals surface area contributed by atoms with Crippen LogP contribution in [0.3, 0.4) is 0 Å². The lowest BCUT2D eigenvalue weighted by molar-refractivity contribution is 0.603. The fourth-order valence-electron chi connectivity index (χ4n) is 14.1. The van der Waals surface area contributed by atoms with Crippen LogP contribution in [0.5, 0.6) is 0 Å². The molecule has 0 aliphatic heterocycles. The summed E-state index contributed by atoms with van der Waals surface area (Å²) in [6, 6.07) is 67.7. The van der Waals surface area contributed by atoms with Crippen LogP contribution < -0.4 is 4.90 Å². The van der Waals surface area contributed by atoms with E-state index in [-0.39, 0.29) is 21.7 Å². The maximum absolute atomic E-state index is 2.59. The third-order valence-electron chi connectivity index (χ3n) is 17.8. The molecule has 5 aliphatic carbocycles. The van der Waals surface area contributed by atoms with Gasteiger partial charge in [0.05, 0.1) is 5.69 Å². The first-order chi connectivity index (χ1) is 33.2. The molecule has 5 aliphatic rings. The third kappa shape index (κ3) is 5.37. The zero-order chi connectivity index (χ0) is 46.9. The van der Waals surface area contributed by atoms with Crippen LogP contribution in [-0.2, 0) is 28.1 Å². The minimum Gasteiger partial charge on any atom is -0.310 e. The Hall–Kier alpha value is -7.22. The summed E-state index contributed by atoms with van der Waals surface area (Å²) >= 11 is 0. The normalized spacial score (nSPS) is 17.3. The number of para-hydroxylation sites is 1. The molecule has 9 aromatic rings. The summed E-state index contributed by atoms with van der Waals surface area (Å²) in [6.45, 7) is 19.6. The molecule has 0 fully saturated rings. The first kappa shape index (κ1) is 40.8. The SMILES string of the molecule is CC1(C)C2=C(c3ccccc3CC2)c2cc3c(cc21)-c1ccc(N(c2ccc4c(c2)C(C)(C)c2cc5c(cc2-4)C(C)(C)c2ccc4ccccc4c2-5)c2ccccc2-c2ccccc2)cc1C3(C)C. The van der Waals surface area contributed by atoms with E-state index in [4.69, 9.17) is 0 Å². The van der Waals surface area contributed by atoms with Gasteiger partial charge in [0.2, 0.25) is 0 Å². The van der Waals surface area contributed by atoms with Crippen molar-refractivity contribution in [2.24, 2.45) is 0 Å². The second-order valence-corrected chi connectivity index (χ2v) is 22.8. The lowest BCUT2D eigenvalue weighted by Gasteiger charge is -2.31. The van der Waals surface area contributed by atoms with Crippen molar-refractivity contribution in [3.05, 3.63) is 237 Å². The van der Waals surface area contributed by atoms with Crippen molar-refractivity contribution in [2.75, 3.05) is 4.90 Å². The number of hydrogen-bond donors (Lipinski definition) is 0. The van der Waals surface area contributed by atoms with Gasteiger partial charge in [0, 0.05) is 38.6 Å². The van der Waals surface area contributed by atoms with Gasteiger partial charge in [-0.2, -0.15) is 0 Å². The zero-order valence-electron chi connectivity index (χ0n) is 41.1. The molecule has 69 heavy (non-hydrogen) atoms. The van der Waals surface area contributed by atoms with Gasteiger partial charge in [-0.05, 0) is 178 Å². The first-order valence-electron chi connectivity index (χ1n) is 25.2. The van der Waals surface area contributed by atoms with E-state index in [0.717, 1.165) is 12.8 Å². The molecule has 0 saturated heterocycles. The van der Waals surface area contributed by atoms with Crippen molar-refractivity contribution in [1.82, 2.24) is 0 Å². The van der Waals surface area contributed by atoms with Crippen LogP contribution in [0.2, 0.25) is 0 Å². The standard InChI is InChI=1S/C68H57N/c1-65(2)54-32-26-41-20-12-14-23-46(41)63(54)52-38-58-50(36-60(52)65)48-30-28-43(34-56(48)67(58,5)6)69(62-25-17-16-22-45(62)40-18-10-9-11-19-40)44-29-31-49-51-37-61-53(39-59(51)68(7,8)57(49)35-44)64-47-24-15-13-21-42(47)27-33-55(64)66(61,3)4/h9-26,28-32,34-39H,27,33H2,1-8H3. The van der Waals surface area contributed by atoms with Gasteiger partial charge >= 0.3 is 0 Å². The largest absolute Gasteiger partial charge is 0.310 e. The van der Waals surface area contributed by atoms with Crippen molar-refractivity contribution in [3.8, 4) is 44.5 Å². The van der Waals surface area contributed by atoms with Crippen LogP contribution in [0.15, 0.2) is 181 Å². The molecule has 0 atom stereocenters. The maximum Gasteiger partial charge on any atom is 0.0540 e. The smallest absolute Gasteiger partial charge is 0.0540 e. The van der Waals surface area contributed by atoms with Crippen molar-refractivity contribution >= 4 is 33.4 Å². The zero-order valence-corrected chi connectivity index (χ0v) is 41.1. The molecule has 334 valence electrons. The summed E-state index contributed by atoms with van der Waals surface area (Å²) in [5.41, 5.74) is 31.0. The molecule has 0 heterocycles. The van der Waals surface area contributed by atoms with E-state index < -0.39 is 0 Å². The van der Waals surface area contributed by atoms with E-state index in [1.54, 1.807) is 5.57 Å². The summed E-state index contributed by atoms with van der Waals surface area (Å²) in [5, 5.41) is 2.65. The molecule has 0 amide bonds. The monoisotopic (exact) mass is 887 g/mol. The van der Waals surface area contributed by atoms with Crippen LogP contribution in [0.1, 0.15) is 117 Å². The molecule has 14 rings (SSSR count). The Morgan fingerprint density at radius 1 is 0.348 bits per heavy atom. The highest BCUT2D eigenvalue weighted by atomic mass is 15.1. The maximum atomic E-state index is 2.59. The lowest BCUT2D eigenvalue weighted by atomic mass is 9.76. The summed E-state index contributed by atoms with van der Waals surface area (Å²) in [7, 11) is 0. The van der Waals surface area contributed by atoms with Gasteiger partial charge in [-0.3, -0.25) is 0 Å². The molecule has 0 aromatic heterocycles. The van der Waals surface area contributed by atoms with Gasteiger partial charge in [-0.1, -0.05) is 182 Å². The molecule has 9 aromatic carbocycles. The van der Waals surface area contributed by atoms with E-state index in [2.05, 4.69) is 236 Å². The average Bonchev–Trinajstić information content (AvgIpc) is 3.92. The molecule has 1 heteroatoms. The summed E-state index contributed by atoms with van der Waals surface area (Å²) in [4.78, 5) is 2.55. The van der Waals surface area contributed by atoms with E-state index in [9.17, 15) is 0 Å². The number of nitrogens with zero attached hydrogens (tertiary/aromatic N) is 1. The van der Waals surface area contributed by atoms with Crippen LogP contribution in [0.4, 0.5) is 17.1 Å². The molecule has 0 N–H and O–H groups in total. The van der Waals surface area contributed by atoms with Gasteiger partial charge in [-0.15, -0.1) is 0 Å². The van der Waals surface area contributed by atoms with E-state index in [1.165, 1.54) is 134 Å². The number of fused-ring (bicyclic) bond motifs is 15. The van der Waals surface area contributed by atoms with Gasteiger partial charge in [0.25, 0.3) is 0 Å². The van der Waals surface area contributed by atoms with E-state index in [1.807, 2.05) is 0 Å². The Balaban J connectivity index is 0.929. The molecule has 0 unspecified atom stereocenters. The average molecular weight is 888 g/mol. The van der Waals surface area contributed by atoms with Crippen LogP contribution >= 0.6 is 0 Å². The third-order valence-corrected chi connectivity index (χ3v) is 17.8. The fraction of sp³-hybridized carbons (Fsp3) is 0.206. The summed E-state index contributed by atoms with van der Waals surface area (Å²) < 4.78 is 0. The minimum atomic E-state index is -0.221. The quantitative estimate of drug-likeness (QED) is 0.170. The number of aryl methyl sites for hydroxylation is 1. The number of hydrogen-bond acceptors (Lipinski definition) is 1. The van der Waals surface area contributed by atoms with Crippen LogP contribution in [0, 0.1) is 0 Å². The second kappa shape index (κ2) is 13.7. The lowest BCUT2D eigenvalue weighted by Crippen LogP contribution is -2.20. The molecule has 0 bridgehead atoms. The van der Waals surface area contributed by atoms with E-state index in [0.29, 0.717) is 0 Å². The van der Waals surface area contributed by atoms with Gasteiger partial charge in [-0.25, -0.2) is 0 Å². The van der Waals surface area contributed by atoms with Gasteiger partial charge < -0.3 is 4.90 Å². The summed E-state index contributed by atoms with van der Waals surface area (Å²) in [6.07, 6.45) is 2.25. The number of rotatable bonds is 4. The second-order valence-electron chi connectivity index (χ2n) is 22.8. The topological polar surface area (TPSA) is 3.24 Å². The van der Waals surface area contributed by atoms with Crippen molar-refractivity contribution in [2.45, 2.75) is 89.9 Å². The highest BCUT2D eigenvalue weighted by Crippen LogP contribution is 2.61. The molecular formula is C68H57N. The number of allylic oxidation sites excluding steroid dienone is 1. The minimum absolute atomic E-state index is 0.0196. The van der Waals surface area contributed by atoms with Crippen molar-refractivity contribution in [3.63, 3.8) is 0 Å². The Morgan fingerprint density at radius 3 is 1.57 bits per heavy atom. The number of anilines is 3. The fourth-order valence-corrected chi connectivity index (χ4v) is 14.1. The van der Waals surface area contributed by atoms with Crippen LogP contribution in [-0.4, -0.2) is 0 Å². The highest BCUT2D eigenvalue weighted by molar-refractivity contribution is 6.04. The number of benzene rings is 9.